The van der Waals surface area contributed by atoms with Gasteiger partial charge in [0, 0.05) is 11.6 Å². The summed E-state index contributed by atoms with van der Waals surface area (Å²) < 4.78 is 5.08. The van der Waals surface area contributed by atoms with Crippen molar-refractivity contribution in [3.05, 3.63) is 64.7 Å². The number of carbonyl (C=O) groups is 1. The van der Waals surface area contributed by atoms with Crippen LogP contribution in [0.2, 0.25) is 5.02 Å². The highest BCUT2D eigenvalue weighted by Gasteiger charge is 2.05. The Labute approximate surface area is 123 Å². The van der Waals surface area contributed by atoms with E-state index in [1.807, 2.05) is 48.5 Å². The summed E-state index contributed by atoms with van der Waals surface area (Å²) in [5.41, 5.74) is 1.86. The molecule has 0 aromatic heterocycles. The maximum Gasteiger partial charge on any atom is 0.224 e. The summed E-state index contributed by atoms with van der Waals surface area (Å²) in [6, 6.07) is 14.9. The molecule has 0 radical (unpaired) electrons. The summed E-state index contributed by atoms with van der Waals surface area (Å²) in [5, 5.41) is 3.53. The van der Waals surface area contributed by atoms with Gasteiger partial charge in [-0.1, -0.05) is 41.9 Å². The highest BCUT2D eigenvalue weighted by atomic mass is 35.5. The van der Waals surface area contributed by atoms with E-state index in [0.717, 1.165) is 16.9 Å². The predicted molar refractivity (Wildman–Crippen MR) is 80.0 cm³/mol. The third kappa shape index (κ3) is 4.00. The quantitative estimate of drug-likeness (QED) is 0.918. The zero-order chi connectivity index (χ0) is 14.4. The molecule has 0 aliphatic carbocycles. The van der Waals surface area contributed by atoms with Crippen molar-refractivity contribution in [3.63, 3.8) is 0 Å². The van der Waals surface area contributed by atoms with Crippen LogP contribution in [0, 0.1) is 0 Å². The van der Waals surface area contributed by atoms with Crippen LogP contribution in [-0.4, -0.2) is 13.0 Å². The second-order valence-corrected chi connectivity index (χ2v) is 4.80. The summed E-state index contributed by atoms with van der Waals surface area (Å²) in [6.07, 6.45) is 0.342. The SMILES string of the molecule is COc1ccc(CC(=O)NCc2ccccc2Cl)cc1. The minimum atomic E-state index is -0.0323. The molecule has 2 rings (SSSR count). The molecular formula is C16H16ClNO2. The largest absolute Gasteiger partial charge is 0.497 e. The topological polar surface area (TPSA) is 38.3 Å². The van der Waals surface area contributed by atoms with Gasteiger partial charge in [0.25, 0.3) is 0 Å². The zero-order valence-electron chi connectivity index (χ0n) is 11.2. The summed E-state index contributed by atoms with van der Waals surface area (Å²) in [5.74, 6) is 0.750. The number of amides is 1. The lowest BCUT2D eigenvalue weighted by atomic mass is 10.1. The van der Waals surface area contributed by atoms with E-state index < -0.39 is 0 Å². The highest BCUT2D eigenvalue weighted by molar-refractivity contribution is 6.31. The van der Waals surface area contributed by atoms with Gasteiger partial charge in [-0.2, -0.15) is 0 Å². The van der Waals surface area contributed by atoms with Gasteiger partial charge in [0.05, 0.1) is 13.5 Å². The van der Waals surface area contributed by atoms with E-state index in [-0.39, 0.29) is 5.91 Å². The van der Waals surface area contributed by atoms with Crippen LogP contribution in [0.25, 0.3) is 0 Å². The van der Waals surface area contributed by atoms with E-state index >= 15 is 0 Å². The van der Waals surface area contributed by atoms with Gasteiger partial charge >= 0.3 is 0 Å². The molecule has 0 fully saturated rings. The van der Waals surface area contributed by atoms with Crippen LogP contribution in [0.4, 0.5) is 0 Å². The average Bonchev–Trinajstić information content (AvgIpc) is 2.47. The fraction of sp³-hybridized carbons (Fsp3) is 0.188. The van der Waals surface area contributed by atoms with Crippen molar-refractivity contribution >= 4 is 17.5 Å². The molecule has 1 N–H and O–H groups in total. The Kier molecular flexibility index (Phi) is 5.02. The van der Waals surface area contributed by atoms with Crippen molar-refractivity contribution in [1.82, 2.24) is 5.32 Å². The van der Waals surface area contributed by atoms with Crippen LogP contribution < -0.4 is 10.1 Å². The van der Waals surface area contributed by atoms with Crippen LogP contribution in [-0.2, 0) is 17.8 Å². The Morgan fingerprint density at radius 3 is 2.50 bits per heavy atom. The van der Waals surface area contributed by atoms with Crippen LogP contribution >= 0.6 is 11.6 Å². The van der Waals surface area contributed by atoms with Gasteiger partial charge in [-0.25, -0.2) is 0 Å². The maximum absolute atomic E-state index is 11.9. The zero-order valence-corrected chi connectivity index (χ0v) is 12.0. The van der Waals surface area contributed by atoms with E-state index in [1.165, 1.54) is 0 Å². The molecule has 2 aromatic carbocycles. The molecule has 0 spiro atoms. The number of methoxy groups -OCH3 is 1. The van der Waals surface area contributed by atoms with Crippen LogP contribution in [0.3, 0.4) is 0 Å². The third-order valence-electron chi connectivity index (χ3n) is 2.96. The van der Waals surface area contributed by atoms with Gasteiger partial charge in [-0.05, 0) is 29.3 Å². The number of benzene rings is 2. The molecule has 0 heterocycles. The number of hydrogen-bond acceptors (Lipinski definition) is 2. The average molecular weight is 290 g/mol. The Morgan fingerprint density at radius 2 is 1.85 bits per heavy atom. The second kappa shape index (κ2) is 6.96. The van der Waals surface area contributed by atoms with E-state index in [9.17, 15) is 4.79 Å². The van der Waals surface area contributed by atoms with Gasteiger partial charge in [0.1, 0.15) is 5.75 Å². The maximum atomic E-state index is 11.9. The lowest BCUT2D eigenvalue weighted by Crippen LogP contribution is -2.24. The molecule has 0 aliphatic heterocycles. The van der Waals surface area contributed by atoms with Crippen LogP contribution in [0.15, 0.2) is 48.5 Å². The smallest absolute Gasteiger partial charge is 0.224 e. The van der Waals surface area contributed by atoms with Crippen molar-refractivity contribution in [3.8, 4) is 5.75 Å². The molecule has 0 saturated carbocycles. The number of nitrogens with one attached hydrogen (secondary N) is 1. The van der Waals surface area contributed by atoms with E-state index in [2.05, 4.69) is 5.32 Å². The molecule has 0 aliphatic rings. The molecule has 104 valence electrons. The van der Waals surface area contributed by atoms with Gasteiger partial charge in [-0.3, -0.25) is 4.79 Å². The highest BCUT2D eigenvalue weighted by Crippen LogP contribution is 2.15. The number of rotatable bonds is 5. The second-order valence-electron chi connectivity index (χ2n) is 4.39. The van der Waals surface area contributed by atoms with Gasteiger partial charge in [0.2, 0.25) is 5.91 Å². The first-order chi connectivity index (χ1) is 9.69. The minimum absolute atomic E-state index is 0.0323. The van der Waals surface area contributed by atoms with Crippen molar-refractivity contribution in [1.29, 1.82) is 0 Å². The fourth-order valence-corrected chi connectivity index (χ4v) is 2.03. The number of hydrogen-bond donors (Lipinski definition) is 1. The van der Waals surface area contributed by atoms with Crippen LogP contribution in [0.1, 0.15) is 11.1 Å². The molecule has 0 unspecified atom stereocenters. The Balaban J connectivity index is 1.87. The fourth-order valence-electron chi connectivity index (χ4n) is 1.83. The molecule has 1 amide bonds. The standard InChI is InChI=1S/C16H16ClNO2/c1-20-14-8-6-12(7-9-14)10-16(19)18-11-13-4-2-3-5-15(13)17/h2-9H,10-11H2,1H3,(H,18,19). The summed E-state index contributed by atoms with van der Waals surface area (Å²) in [6.45, 7) is 0.439. The summed E-state index contributed by atoms with van der Waals surface area (Å²) in [7, 11) is 1.62. The molecule has 0 bridgehead atoms. The van der Waals surface area contributed by atoms with Crippen molar-refractivity contribution in [2.75, 3.05) is 7.11 Å². The molecule has 4 heteroatoms. The lowest BCUT2D eigenvalue weighted by molar-refractivity contribution is -0.120. The van der Waals surface area contributed by atoms with Crippen LogP contribution in [0.5, 0.6) is 5.75 Å². The van der Waals surface area contributed by atoms with Crippen molar-refractivity contribution in [2.24, 2.45) is 0 Å². The Morgan fingerprint density at radius 1 is 1.15 bits per heavy atom. The molecule has 0 saturated heterocycles. The number of halogens is 1. The van der Waals surface area contributed by atoms with Gasteiger partial charge in [0.15, 0.2) is 0 Å². The van der Waals surface area contributed by atoms with E-state index in [4.69, 9.17) is 16.3 Å². The number of ether oxygens (including phenoxy) is 1. The first-order valence-corrected chi connectivity index (χ1v) is 6.70. The Hall–Kier alpha value is -2.00. The molecule has 3 nitrogen and oxygen atoms in total. The van der Waals surface area contributed by atoms with E-state index in [1.54, 1.807) is 7.11 Å². The van der Waals surface area contributed by atoms with Crippen molar-refractivity contribution in [2.45, 2.75) is 13.0 Å². The molecule has 20 heavy (non-hydrogen) atoms. The summed E-state index contributed by atoms with van der Waals surface area (Å²) >= 11 is 6.04. The predicted octanol–water partition coefficient (Wildman–Crippen LogP) is 3.21. The monoisotopic (exact) mass is 289 g/mol. The van der Waals surface area contributed by atoms with Gasteiger partial charge < -0.3 is 10.1 Å². The first-order valence-electron chi connectivity index (χ1n) is 6.32. The Bertz CT molecular complexity index is 581. The van der Waals surface area contributed by atoms with Crippen molar-refractivity contribution < 1.29 is 9.53 Å². The lowest BCUT2D eigenvalue weighted by Gasteiger charge is -2.07. The summed E-state index contributed by atoms with van der Waals surface area (Å²) in [4.78, 5) is 11.9. The molecular weight excluding hydrogens is 274 g/mol. The first kappa shape index (κ1) is 14.4. The van der Waals surface area contributed by atoms with E-state index in [0.29, 0.717) is 18.0 Å². The third-order valence-corrected chi connectivity index (χ3v) is 3.33. The molecule has 0 atom stereocenters. The van der Waals surface area contributed by atoms with Gasteiger partial charge in [-0.15, -0.1) is 0 Å². The normalized spacial score (nSPS) is 10.1. The minimum Gasteiger partial charge on any atom is -0.497 e. The molecule has 2 aromatic rings. The number of carbonyl (C=O) groups excluding carboxylic acids is 1.